The SMILES string of the molecule is N#Cc1cc(-c2cccc(-c3ccc4oc5ccc(-c6ccccc6)cc5c4c3)n2)ccn1.N#Cc1ccnc(-c2ccc(-c3ccc4oc5ccc(-c6ccccc6)cc5c4c3)cn2)c1.N#Cc1cncc(-c2cccc(-c3ccc4oc5ccc(-c6ccccc6)cc5c4c3)n2)c1. The fraction of sp³-hybridized carbons (Fsp3) is 0. The average molecular weight is 1270 g/mol. The molecular weight excluding hydrogens is 1220 g/mol. The van der Waals surface area contributed by atoms with E-state index in [1.165, 1.54) is 16.7 Å². The molecule has 0 saturated carbocycles. The molecule has 12 heteroatoms. The van der Waals surface area contributed by atoms with E-state index < -0.39 is 0 Å². The molecular formula is C87H51N9O3. The topological polar surface area (TPSA) is 188 Å². The molecule has 0 atom stereocenters. The van der Waals surface area contributed by atoms with Crippen LogP contribution in [0, 0.1) is 34.0 Å². The lowest BCUT2D eigenvalue weighted by Gasteiger charge is -2.06. The van der Waals surface area contributed by atoms with Crippen molar-refractivity contribution in [3.05, 3.63) is 327 Å². The molecule has 0 aliphatic rings. The van der Waals surface area contributed by atoms with E-state index in [1.54, 1.807) is 49.1 Å². The number of furan rings is 3. The maximum absolute atomic E-state index is 9.18. The predicted molar refractivity (Wildman–Crippen MR) is 391 cm³/mol. The molecule has 0 aliphatic heterocycles. The number of rotatable bonds is 9. The summed E-state index contributed by atoms with van der Waals surface area (Å²) in [5.74, 6) is 0. The summed E-state index contributed by atoms with van der Waals surface area (Å²) in [7, 11) is 0. The minimum Gasteiger partial charge on any atom is -0.456 e. The van der Waals surface area contributed by atoms with Crippen molar-refractivity contribution < 1.29 is 13.3 Å². The number of benzene rings is 9. The van der Waals surface area contributed by atoms with Crippen molar-refractivity contribution in [3.8, 4) is 119 Å². The Hall–Kier alpha value is -14.3. The molecule has 12 nitrogen and oxygen atoms in total. The van der Waals surface area contributed by atoms with Gasteiger partial charge in [-0.1, -0.05) is 133 Å². The molecule has 9 heterocycles. The van der Waals surface area contributed by atoms with Gasteiger partial charge in [0.05, 0.1) is 51.4 Å². The second-order valence-corrected chi connectivity index (χ2v) is 23.6. The lowest BCUT2D eigenvalue weighted by atomic mass is 10.0. The molecule has 0 saturated heterocycles. The van der Waals surface area contributed by atoms with Crippen molar-refractivity contribution in [2.24, 2.45) is 0 Å². The normalized spacial score (nSPS) is 11.0. The molecule has 0 amide bonds. The number of hydrogen-bond donors (Lipinski definition) is 0. The van der Waals surface area contributed by atoms with Gasteiger partial charge in [-0.05, 0) is 185 Å². The first-order chi connectivity index (χ1) is 48.8. The first kappa shape index (κ1) is 59.7. The van der Waals surface area contributed by atoms with Crippen LogP contribution >= 0.6 is 0 Å². The third-order valence-corrected chi connectivity index (χ3v) is 17.4. The summed E-state index contributed by atoms with van der Waals surface area (Å²) in [6.07, 6.45) is 8.39. The van der Waals surface area contributed by atoms with Gasteiger partial charge in [-0.15, -0.1) is 0 Å². The summed E-state index contributed by atoms with van der Waals surface area (Å²) in [6.45, 7) is 0. The fourth-order valence-electron chi connectivity index (χ4n) is 12.4. The smallest absolute Gasteiger partial charge is 0.141 e. The van der Waals surface area contributed by atoms with E-state index in [1.807, 2.05) is 170 Å². The van der Waals surface area contributed by atoms with E-state index >= 15 is 0 Å². The van der Waals surface area contributed by atoms with Gasteiger partial charge in [0.25, 0.3) is 0 Å². The fourth-order valence-corrected chi connectivity index (χ4v) is 12.4. The lowest BCUT2D eigenvalue weighted by molar-refractivity contribution is 0.668. The molecule has 462 valence electrons. The molecule has 0 spiro atoms. The molecule has 18 rings (SSSR count). The second kappa shape index (κ2) is 26.3. The van der Waals surface area contributed by atoms with Crippen molar-refractivity contribution in [1.82, 2.24) is 29.9 Å². The maximum Gasteiger partial charge on any atom is 0.141 e. The van der Waals surface area contributed by atoms with E-state index in [0.29, 0.717) is 22.5 Å². The summed E-state index contributed by atoms with van der Waals surface area (Å²) in [5.41, 5.74) is 24.1. The molecule has 0 fully saturated rings. The Morgan fingerprint density at radius 1 is 0.232 bits per heavy atom. The third-order valence-electron chi connectivity index (χ3n) is 17.4. The number of aromatic nitrogens is 6. The van der Waals surface area contributed by atoms with E-state index in [4.69, 9.17) is 33.7 Å². The van der Waals surface area contributed by atoms with Gasteiger partial charge < -0.3 is 13.3 Å². The Balaban J connectivity index is 0.000000116. The van der Waals surface area contributed by atoms with Gasteiger partial charge in [-0.2, -0.15) is 15.8 Å². The Bertz CT molecular complexity index is 5970. The van der Waals surface area contributed by atoms with Crippen LogP contribution in [0.1, 0.15) is 16.8 Å². The predicted octanol–water partition coefficient (Wildman–Crippen LogP) is 21.7. The van der Waals surface area contributed by atoms with Gasteiger partial charge in [0, 0.05) is 91.1 Å². The number of nitriles is 3. The van der Waals surface area contributed by atoms with E-state index in [-0.39, 0.29) is 0 Å². The Kier molecular flexibility index (Phi) is 15.9. The molecule has 99 heavy (non-hydrogen) atoms. The quantitative estimate of drug-likeness (QED) is 0.133. The Morgan fingerprint density at radius 2 is 0.626 bits per heavy atom. The number of hydrogen-bond acceptors (Lipinski definition) is 12. The highest BCUT2D eigenvalue weighted by atomic mass is 16.3. The molecule has 9 aromatic carbocycles. The van der Waals surface area contributed by atoms with Crippen LogP contribution in [0.25, 0.3) is 167 Å². The van der Waals surface area contributed by atoms with Crippen LogP contribution in [0.4, 0.5) is 0 Å². The second-order valence-electron chi connectivity index (χ2n) is 23.6. The largest absolute Gasteiger partial charge is 0.456 e. The van der Waals surface area contributed by atoms with Crippen molar-refractivity contribution in [2.45, 2.75) is 0 Å². The molecule has 0 aliphatic carbocycles. The average Bonchev–Trinajstić information content (AvgIpc) is 1.68. The molecule has 9 aromatic heterocycles. The monoisotopic (exact) mass is 1270 g/mol. The maximum atomic E-state index is 9.18. The molecule has 0 N–H and O–H groups in total. The molecule has 0 bridgehead atoms. The first-order valence-corrected chi connectivity index (χ1v) is 31.9. The number of fused-ring (bicyclic) bond motifs is 9. The van der Waals surface area contributed by atoms with Crippen LogP contribution in [0.3, 0.4) is 0 Å². The summed E-state index contributed by atoms with van der Waals surface area (Å²) in [5, 5.41) is 33.9. The summed E-state index contributed by atoms with van der Waals surface area (Å²) in [6, 6.07) is 99.5. The number of pyridine rings is 6. The summed E-state index contributed by atoms with van der Waals surface area (Å²) in [4.78, 5) is 26.8. The van der Waals surface area contributed by atoms with Gasteiger partial charge in [-0.3, -0.25) is 15.0 Å². The Labute approximate surface area is 567 Å². The van der Waals surface area contributed by atoms with Crippen molar-refractivity contribution in [2.75, 3.05) is 0 Å². The zero-order valence-corrected chi connectivity index (χ0v) is 52.7. The molecule has 0 unspecified atom stereocenters. The van der Waals surface area contributed by atoms with Crippen LogP contribution in [-0.4, -0.2) is 29.9 Å². The summed E-state index contributed by atoms with van der Waals surface area (Å²) >= 11 is 0. The van der Waals surface area contributed by atoms with Crippen molar-refractivity contribution >= 4 is 65.8 Å². The highest BCUT2D eigenvalue weighted by molar-refractivity contribution is 6.10. The van der Waals surface area contributed by atoms with Crippen molar-refractivity contribution in [1.29, 1.82) is 15.8 Å². The van der Waals surface area contributed by atoms with Gasteiger partial charge >= 0.3 is 0 Å². The number of nitrogens with zero attached hydrogens (tertiary/aromatic N) is 9. The van der Waals surface area contributed by atoms with E-state index in [0.717, 1.165) is 144 Å². The van der Waals surface area contributed by atoms with Crippen LogP contribution in [0.15, 0.2) is 323 Å². The zero-order chi connectivity index (χ0) is 66.6. The zero-order valence-electron chi connectivity index (χ0n) is 52.7. The minimum atomic E-state index is 0.375. The van der Waals surface area contributed by atoms with Crippen molar-refractivity contribution in [3.63, 3.8) is 0 Å². The third kappa shape index (κ3) is 12.3. The summed E-state index contributed by atoms with van der Waals surface area (Å²) < 4.78 is 18.3. The van der Waals surface area contributed by atoms with Gasteiger partial charge in [0.2, 0.25) is 0 Å². The highest BCUT2D eigenvalue weighted by Gasteiger charge is 2.16. The molecule has 18 aromatic rings. The van der Waals surface area contributed by atoms with Crippen LogP contribution in [0.2, 0.25) is 0 Å². The lowest BCUT2D eigenvalue weighted by Crippen LogP contribution is -1.89. The van der Waals surface area contributed by atoms with Crippen LogP contribution < -0.4 is 0 Å². The van der Waals surface area contributed by atoms with Gasteiger partial charge in [0.1, 0.15) is 51.3 Å². The molecule has 0 radical (unpaired) electrons. The minimum absolute atomic E-state index is 0.375. The first-order valence-electron chi connectivity index (χ1n) is 31.9. The van der Waals surface area contributed by atoms with E-state index in [9.17, 15) is 5.26 Å². The van der Waals surface area contributed by atoms with Gasteiger partial charge in [0.15, 0.2) is 0 Å². The highest BCUT2D eigenvalue weighted by Crippen LogP contribution is 2.39. The van der Waals surface area contributed by atoms with E-state index in [2.05, 4.69) is 129 Å². The van der Waals surface area contributed by atoms with Gasteiger partial charge in [-0.25, -0.2) is 15.0 Å². The standard InChI is InChI=1S/3C29H17N3O/c30-16-19-13-23(18-31-17-19)27-8-4-7-26(32-27)22-10-12-29-25(15-22)24-14-21(9-11-28(24)33-29)20-5-2-1-3-6-20;30-18-23-15-22(13-14-31-23)27-8-4-7-26(32-27)21-10-12-29-25(17-21)24-16-20(9-11-28(24)33-29)19-5-2-1-3-6-19;30-17-19-12-13-31-27(14-19)26-9-6-23(18-32-26)22-8-11-29-25(16-22)24-15-21(7-10-28(24)33-29)20-4-2-1-3-5-20/h1-15,17-18H;1-17H;1-16,18H. The Morgan fingerprint density at radius 3 is 1.05 bits per heavy atom. The van der Waals surface area contributed by atoms with Crippen LogP contribution in [-0.2, 0) is 0 Å². The van der Waals surface area contributed by atoms with Crippen LogP contribution in [0.5, 0.6) is 0 Å².